The van der Waals surface area contributed by atoms with Gasteiger partial charge in [0.15, 0.2) is 9.84 Å². The average Bonchev–Trinajstić information content (AvgIpc) is 4.02. The first-order chi connectivity index (χ1) is 33.6. The largest absolute Gasteiger partial charge is 0.397 e. The van der Waals surface area contributed by atoms with Gasteiger partial charge in [-0.2, -0.15) is 33.7 Å². The summed E-state index contributed by atoms with van der Waals surface area (Å²) < 4.78 is 198. The van der Waals surface area contributed by atoms with Crippen molar-refractivity contribution in [2.45, 2.75) is 152 Å². The molecule has 72 heavy (non-hydrogen) atoms. The normalized spacial score (nSPS) is 42.7. The SMILES string of the molecule is O=S(=O)(O)OCCS(=O)(=O)c1ccc(NS(=O)(=O)C2CCC3C4NC5NC(NC6NC(NC7NC(NC(N4)C3C2)C2CCC(S(=O)(=O)O)CC72)C2CCC(S(=O)(=O)O)CC62)C2CCC(S(=O)(=O)O)CC52)cc1. The Labute approximate surface area is 420 Å². The van der Waals surface area contributed by atoms with Crippen LogP contribution >= 0.6 is 0 Å². The number of nitrogens with one attached hydrogen (secondary N) is 9. The van der Waals surface area contributed by atoms with Gasteiger partial charge >= 0.3 is 10.4 Å². The van der Waals surface area contributed by atoms with Gasteiger partial charge in [0.25, 0.3) is 30.4 Å². The Morgan fingerprint density at radius 1 is 0.417 bits per heavy atom. The highest BCUT2D eigenvalue weighted by Crippen LogP contribution is 2.48. The standard InChI is InChI=1S/C40H65N9O17S6/c50-67(51,14-13-66-72(63,64)65)20-3-1-19(2-4-20)49-68(52,53)21-5-9-25-29(15-21)37-41-33(25)43-38-31-17-23(70(57,58)59)7-11-27(31)35(45-38)47-40-32-18-24(71(60,61)62)8-12-28(32)36(48-40)46-39-30-16-22(69(54,55)56)6-10-26(30)34(42-37)44-39/h1-4,21-49H,5-18H2,(H,54,55,56)(H,57,58,59)(H,60,61,62)(H,63,64,65). The Bertz CT molecular complexity index is 2870. The van der Waals surface area contributed by atoms with Crippen molar-refractivity contribution in [2.24, 2.45) is 47.3 Å². The van der Waals surface area contributed by atoms with E-state index >= 15 is 0 Å². The van der Waals surface area contributed by atoms with Crippen LogP contribution in [-0.4, -0.2) is 151 Å². The fourth-order valence-electron chi connectivity index (χ4n) is 14.3. The summed E-state index contributed by atoms with van der Waals surface area (Å²) in [5.74, 6) is -2.61. The number of benzene rings is 1. The lowest BCUT2D eigenvalue weighted by molar-refractivity contribution is 0.167. The fourth-order valence-corrected chi connectivity index (χ4v) is 20.0. The smallest absolute Gasteiger partial charge is 0.286 e. The van der Waals surface area contributed by atoms with Crippen LogP contribution in [0.3, 0.4) is 0 Å². The van der Waals surface area contributed by atoms with Crippen LogP contribution in [0.25, 0.3) is 0 Å². The number of sulfone groups is 1. The molecular formula is C40H65N9O17S6. The van der Waals surface area contributed by atoms with Crippen molar-refractivity contribution in [3.63, 3.8) is 0 Å². The van der Waals surface area contributed by atoms with E-state index in [4.69, 9.17) is 4.55 Å². The molecule has 5 aliphatic heterocycles. The van der Waals surface area contributed by atoms with E-state index in [1.807, 2.05) is 0 Å². The first-order valence-corrected chi connectivity index (χ1v) is 33.6. The Kier molecular flexibility index (Phi) is 14.6. The lowest BCUT2D eigenvalue weighted by Crippen LogP contribution is -2.61. The maximum Gasteiger partial charge on any atom is 0.397 e. The first kappa shape index (κ1) is 53.6. The minimum Gasteiger partial charge on any atom is -0.286 e. The van der Waals surface area contributed by atoms with Crippen LogP contribution in [0.2, 0.25) is 0 Å². The lowest BCUT2D eigenvalue weighted by Gasteiger charge is -2.38. The van der Waals surface area contributed by atoms with Crippen LogP contribution in [0.15, 0.2) is 29.2 Å². The van der Waals surface area contributed by atoms with Crippen LogP contribution < -0.4 is 47.3 Å². The number of fused-ring (bicyclic) bond motifs is 20. The maximum absolute atomic E-state index is 14.3. The molecule has 4 saturated carbocycles. The minimum absolute atomic E-state index is 0.0864. The Hall–Kier alpha value is -1.80. The first-order valence-electron chi connectivity index (χ1n) is 24.5. The molecule has 13 N–H and O–H groups in total. The highest BCUT2D eigenvalue weighted by atomic mass is 32.3. The second-order valence-electron chi connectivity index (χ2n) is 21.5. The summed E-state index contributed by atoms with van der Waals surface area (Å²) in [6.45, 7) is -0.835. The predicted molar refractivity (Wildman–Crippen MR) is 257 cm³/mol. The maximum atomic E-state index is 14.3. The van der Waals surface area contributed by atoms with E-state index in [1.54, 1.807) is 0 Å². The van der Waals surface area contributed by atoms with E-state index in [-0.39, 0.29) is 109 Å². The number of hydrogen-bond acceptors (Lipinski definition) is 21. The number of rotatable bonds is 11. The molecule has 1 aromatic rings. The molecule has 0 radical (unpaired) electrons. The highest BCUT2D eigenvalue weighted by molar-refractivity contribution is 7.93. The van der Waals surface area contributed by atoms with Crippen LogP contribution in [0, 0.1) is 47.3 Å². The molecule has 10 rings (SSSR count). The number of anilines is 1. The van der Waals surface area contributed by atoms with Gasteiger partial charge in [-0.05, 0) is 149 Å². The van der Waals surface area contributed by atoms with Crippen LogP contribution in [0.5, 0.6) is 0 Å². The highest BCUT2D eigenvalue weighted by Gasteiger charge is 2.58. The van der Waals surface area contributed by atoms with E-state index < -0.39 is 143 Å². The zero-order valence-corrected chi connectivity index (χ0v) is 43.7. The quantitative estimate of drug-likeness (QED) is 0.109. The van der Waals surface area contributed by atoms with Gasteiger partial charge < -0.3 is 0 Å². The molecule has 20 atom stereocenters. The van der Waals surface area contributed by atoms with Crippen molar-refractivity contribution in [3.8, 4) is 0 Å². The molecule has 408 valence electrons. The fraction of sp³-hybridized carbons (Fsp3) is 0.850. The van der Waals surface area contributed by atoms with Crippen LogP contribution in [0.4, 0.5) is 5.69 Å². The van der Waals surface area contributed by atoms with Crippen molar-refractivity contribution in [2.75, 3.05) is 17.1 Å². The summed E-state index contributed by atoms with van der Waals surface area (Å²) in [7, 11) is -26.2. The average molecular weight is 1140 g/mol. The molecule has 0 amide bonds. The summed E-state index contributed by atoms with van der Waals surface area (Å²) in [6, 6.07) is 4.89. The van der Waals surface area contributed by atoms with Gasteiger partial charge in [0, 0.05) is 5.69 Å². The van der Waals surface area contributed by atoms with Crippen molar-refractivity contribution >= 4 is 66.3 Å². The molecule has 26 nitrogen and oxygen atoms in total. The summed E-state index contributed by atoms with van der Waals surface area (Å²) in [6.07, 6.45) is -0.517. The molecule has 0 aromatic heterocycles. The predicted octanol–water partition coefficient (Wildman–Crippen LogP) is -1.78. The number of hydrogen-bond donors (Lipinski definition) is 13. The zero-order valence-electron chi connectivity index (χ0n) is 38.8. The van der Waals surface area contributed by atoms with E-state index in [0.29, 0.717) is 25.7 Å². The van der Waals surface area contributed by atoms with E-state index in [2.05, 4.69) is 51.4 Å². The van der Waals surface area contributed by atoms with E-state index in [1.165, 1.54) is 24.3 Å². The molecule has 9 fully saturated rings. The van der Waals surface area contributed by atoms with Gasteiger partial charge in [0.1, 0.15) is 0 Å². The molecule has 5 saturated heterocycles. The number of sulfonamides is 1. The lowest BCUT2D eigenvalue weighted by atomic mass is 9.76. The Balaban J connectivity index is 0.943. The molecule has 32 heteroatoms. The second kappa shape index (κ2) is 19.6. The topological polar surface area (TPSA) is 403 Å². The monoisotopic (exact) mass is 1140 g/mol. The summed E-state index contributed by atoms with van der Waals surface area (Å²) in [5.41, 5.74) is 0.0864. The van der Waals surface area contributed by atoms with Crippen molar-refractivity contribution in [1.82, 2.24) is 42.5 Å². The third-order valence-electron chi connectivity index (χ3n) is 17.7. The third-order valence-corrected chi connectivity index (χ3v) is 25.5. The van der Waals surface area contributed by atoms with Gasteiger partial charge in [-0.1, -0.05) is 0 Å². The van der Waals surface area contributed by atoms with Gasteiger partial charge in [-0.3, -0.25) is 65.5 Å². The van der Waals surface area contributed by atoms with Gasteiger partial charge in [-0.25, -0.2) is 21.0 Å². The van der Waals surface area contributed by atoms with Crippen molar-refractivity contribution in [3.05, 3.63) is 24.3 Å². The molecule has 5 heterocycles. The molecule has 0 spiro atoms. The van der Waals surface area contributed by atoms with E-state index in [0.717, 1.165) is 0 Å². The minimum atomic E-state index is -4.86. The summed E-state index contributed by atoms with van der Waals surface area (Å²) >= 11 is 0. The van der Waals surface area contributed by atoms with Crippen LogP contribution in [0.1, 0.15) is 77.0 Å². The molecule has 4 aliphatic carbocycles. The summed E-state index contributed by atoms with van der Waals surface area (Å²) in [4.78, 5) is -0.231. The van der Waals surface area contributed by atoms with Crippen molar-refractivity contribution < 1.29 is 72.9 Å². The summed E-state index contributed by atoms with van der Waals surface area (Å²) in [5, 5.41) is 26.0. The third kappa shape index (κ3) is 11.0. The van der Waals surface area contributed by atoms with E-state index in [9.17, 15) is 64.2 Å². The van der Waals surface area contributed by atoms with Gasteiger partial charge in [0.05, 0.1) is 87.6 Å². The molecule has 9 aliphatic rings. The second-order valence-corrected chi connectivity index (χ2v) is 31.7. The molecule has 1 aromatic carbocycles. The van der Waals surface area contributed by atoms with Gasteiger partial charge in [0.2, 0.25) is 10.0 Å². The zero-order chi connectivity index (χ0) is 51.5. The molecule has 20 unspecified atom stereocenters. The Morgan fingerprint density at radius 3 is 1.01 bits per heavy atom. The van der Waals surface area contributed by atoms with Crippen LogP contribution in [-0.2, 0) is 64.8 Å². The molecule has 8 bridgehead atoms. The molecular weight excluding hydrogens is 1070 g/mol. The van der Waals surface area contributed by atoms with Crippen molar-refractivity contribution in [1.29, 1.82) is 0 Å². The van der Waals surface area contributed by atoms with Gasteiger partial charge in [-0.15, -0.1) is 0 Å². The Morgan fingerprint density at radius 2 is 0.708 bits per heavy atom.